The highest BCUT2D eigenvalue weighted by Crippen LogP contribution is 2.26. The van der Waals surface area contributed by atoms with Crippen molar-refractivity contribution in [3.8, 4) is 6.07 Å². The van der Waals surface area contributed by atoms with Crippen LogP contribution in [0.15, 0.2) is 60.3 Å². The summed E-state index contributed by atoms with van der Waals surface area (Å²) in [6.45, 7) is 0.498. The normalized spacial score (nSPS) is 15.7. The van der Waals surface area contributed by atoms with E-state index in [0.717, 1.165) is 22.0 Å². The summed E-state index contributed by atoms with van der Waals surface area (Å²) < 4.78 is 2.01. The molecule has 0 spiro atoms. The maximum Gasteiger partial charge on any atom is 0.265 e. The number of thiocarbonyl (C=S) groups is 1. The molecule has 6 nitrogen and oxygen atoms in total. The van der Waals surface area contributed by atoms with Crippen LogP contribution < -0.4 is 5.32 Å². The molecule has 1 saturated heterocycles. The van der Waals surface area contributed by atoms with E-state index in [0.29, 0.717) is 12.1 Å². The van der Waals surface area contributed by atoms with Gasteiger partial charge in [0, 0.05) is 36.3 Å². The first-order valence-electron chi connectivity index (χ1n) is 8.90. The van der Waals surface area contributed by atoms with Crippen LogP contribution in [0.4, 0.5) is 0 Å². The maximum absolute atomic E-state index is 12.5. The first-order chi connectivity index (χ1) is 14.0. The van der Waals surface area contributed by atoms with Crippen molar-refractivity contribution in [2.24, 2.45) is 0 Å². The number of benzene rings is 2. The molecule has 0 unspecified atom stereocenters. The standard InChI is InChI=1S/C22H16N4O2S/c1-25-21(28)18(20(27)24-22(25)29)10-16-13-26(19-9-5-4-8-17(16)19)12-15-7-3-2-6-14(15)11-23/h2-10,13H,12H2,1H3,(H,24,27,29)/b18-10+. The molecule has 1 N–H and O–H groups in total. The van der Waals surface area contributed by atoms with E-state index < -0.39 is 11.8 Å². The van der Waals surface area contributed by atoms with Crippen molar-refractivity contribution in [3.05, 3.63) is 77.0 Å². The number of fused-ring (bicyclic) bond motifs is 1. The van der Waals surface area contributed by atoms with Crippen molar-refractivity contribution >= 4 is 46.1 Å². The summed E-state index contributed by atoms with van der Waals surface area (Å²) >= 11 is 4.99. The quantitative estimate of drug-likeness (QED) is 0.417. The Hall–Kier alpha value is -3.76. The van der Waals surface area contributed by atoms with E-state index in [1.807, 2.05) is 53.2 Å². The van der Waals surface area contributed by atoms with Gasteiger partial charge in [-0.2, -0.15) is 5.26 Å². The number of nitrogens with one attached hydrogen (secondary N) is 1. The Balaban J connectivity index is 1.81. The largest absolute Gasteiger partial charge is 0.342 e. The van der Waals surface area contributed by atoms with Gasteiger partial charge in [0.1, 0.15) is 5.57 Å². The summed E-state index contributed by atoms with van der Waals surface area (Å²) in [5.74, 6) is -0.949. The Bertz CT molecular complexity index is 1250. The average Bonchev–Trinajstić information content (AvgIpc) is 3.07. The Kier molecular flexibility index (Phi) is 4.71. The lowest BCUT2D eigenvalue weighted by Gasteiger charge is -2.24. The highest BCUT2D eigenvalue weighted by atomic mass is 32.1. The van der Waals surface area contributed by atoms with E-state index in [1.54, 1.807) is 12.1 Å². The molecule has 1 fully saturated rings. The predicted octanol–water partition coefficient (Wildman–Crippen LogP) is 2.82. The van der Waals surface area contributed by atoms with Crippen molar-refractivity contribution in [1.82, 2.24) is 14.8 Å². The summed E-state index contributed by atoms with van der Waals surface area (Å²) in [7, 11) is 1.53. The van der Waals surface area contributed by atoms with Gasteiger partial charge in [0.25, 0.3) is 11.8 Å². The third-order valence-corrected chi connectivity index (χ3v) is 5.28. The molecular formula is C22H16N4O2S. The lowest BCUT2D eigenvalue weighted by atomic mass is 10.1. The van der Waals surface area contributed by atoms with Crippen LogP contribution in [0.1, 0.15) is 16.7 Å². The fraction of sp³-hybridized carbons (Fsp3) is 0.0909. The third-order valence-electron chi connectivity index (χ3n) is 4.90. The van der Waals surface area contributed by atoms with Gasteiger partial charge in [0.05, 0.1) is 11.6 Å². The van der Waals surface area contributed by atoms with E-state index in [1.165, 1.54) is 11.9 Å². The first-order valence-corrected chi connectivity index (χ1v) is 9.31. The molecule has 7 heteroatoms. The highest BCUT2D eigenvalue weighted by Gasteiger charge is 2.31. The minimum atomic E-state index is -0.509. The fourth-order valence-corrected chi connectivity index (χ4v) is 3.55. The molecular weight excluding hydrogens is 384 g/mol. The van der Waals surface area contributed by atoms with Crippen molar-refractivity contribution in [3.63, 3.8) is 0 Å². The van der Waals surface area contributed by atoms with E-state index in [2.05, 4.69) is 11.4 Å². The second-order valence-electron chi connectivity index (χ2n) is 6.68. The topological polar surface area (TPSA) is 78.1 Å². The lowest BCUT2D eigenvalue weighted by molar-refractivity contribution is -0.128. The number of hydrogen-bond donors (Lipinski definition) is 1. The van der Waals surface area contributed by atoms with Crippen molar-refractivity contribution in [2.45, 2.75) is 6.54 Å². The number of nitriles is 1. The van der Waals surface area contributed by atoms with E-state index >= 15 is 0 Å². The summed E-state index contributed by atoms with van der Waals surface area (Å²) in [4.78, 5) is 26.1. The number of hydrogen-bond acceptors (Lipinski definition) is 4. The number of likely N-dealkylation sites (N-methyl/N-ethyl adjacent to an activating group) is 1. The molecule has 1 aromatic heterocycles. The van der Waals surface area contributed by atoms with Gasteiger partial charge in [-0.1, -0.05) is 36.4 Å². The average molecular weight is 400 g/mol. The Labute approximate surface area is 172 Å². The van der Waals surface area contributed by atoms with Crippen LogP contribution in [0, 0.1) is 11.3 Å². The van der Waals surface area contributed by atoms with Gasteiger partial charge in [0.2, 0.25) is 0 Å². The molecule has 2 aromatic carbocycles. The van der Waals surface area contributed by atoms with E-state index in [-0.39, 0.29) is 10.7 Å². The molecule has 0 aliphatic carbocycles. The van der Waals surface area contributed by atoms with Crippen molar-refractivity contribution < 1.29 is 9.59 Å². The lowest BCUT2D eigenvalue weighted by Crippen LogP contribution is -2.52. The number of nitrogens with zero attached hydrogens (tertiary/aromatic N) is 3. The van der Waals surface area contributed by atoms with Gasteiger partial charge >= 0.3 is 0 Å². The third kappa shape index (κ3) is 3.30. The molecule has 0 bridgehead atoms. The van der Waals surface area contributed by atoms with E-state index in [9.17, 15) is 14.9 Å². The number of para-hydroxylation sites is 1. The summed E-state index contributed by atoms with van der Waals surface area (Å²) in [5.41, 5.74) is 3.23. The minimum absolute atomic E-state index is 0.0291. The molecule has 0 radical (unpaired) electrons. The zero-order valence-electron chi connectivity index (χ0n) is 15.5. The van der Waals surface area contributed by atoms with Gasteiger partial charge < -0.3 is 4.57 Å². The molecule has 142 valence electrons. The molecule has 2 amide bonds. The number of carbonyl (C=O) groups excluding carboxylic acids is 2. The molecule has 29 heavy (non-hydrogen) atoms. The summed E-state index contributed by atoms with van der Waals surface area (Å²) in [5, 5.41) is 12.9. The number of rotatable bonds is 3. The first kappa shape index (κ1) is 18.6. The van der Waals surface area contributed by atoms with Crippen LogP contribution >= 0.6 is 12.2 Å². The SMILES string of the molecule is CN1C(=O)/C(=C/c2cn(Cc3ccccc3C#N)c3ccccc23)C(=O)NC1=S. The molecule has 1 aliphatic rings. The monoisotopic (exact) mass is 400 g/mol. The van der Waals surface area contributed by atoms with Gasteiger partial charge in [-0.25, -0.2) is 0 Å². The summed E-state index contributed by atoms with van der Waals surface area (Å²) in [6, 6.07) is 17.4. The van der Waals surface area contributed by atoms with Crippen molar-refractivity contribution in [2.75, 3.05) is 7.05 Å². The molecule has 1 aliphatic heterocycles. The smallest absolute Gasteiger partial charge is 0.265 e. The molecule has 0 atom stereocenters. The Morgan fingerprint density at radius 2 is 1.86 bits per heavy atom. The van der Waals surface area contributed by atoms with Crippen LogP contribution in [-0.2, 0) is 16.1 Å². The maximum atomic E-state index is 12.5. The predicted molar refractivity (Wildman–Crippen MR) is 114 cm³/mol. The fourth-order valence-electron chi connectivity index (χ4n) is 3.37. The minimum Gasteiger partial charge on any atom is -0.342 e. The Morgan fingerprint density at radius 3 is 2.66 bits per heavy atom. The van der Waals surface area contributed by atoms with Gasteiger partial charge in [-0.3, -0.25) is 19.8 Å². The second kappa shape index (κ2) is 7.34. The highest BCUT2D eigenvalue weighted by molar-refractivity contribution is 7.80. The zero-order valence-corrected chi connectivity index (χ0v) is 16.4. The molecule has 4 rings (SSSR count). The second-order valence-corrected chi connectivity index (χ2v) is 7.07. The molecule has 3 aromatic rings. The van der Waals surface area contributed by atoms with Crippen LogP contribution in [-0.4, -0.2) is 33.4 Å². The van der Waals surface area contributed by atoms with Gasteiger partial charge in [-0.15, -0.1) is 0 Å². The van der Waals surface area contributed by atoms with Crippen LogP contribution in [0.5, 0.6) is 0 Å². The number of aromatic nitrogens is 1. The zero-order chi connectivity index (χ0) is 20.5. The van der Waals surface area contributed by atoms with Crippen LogP contribution in [0.2, 0.25) is 0 Å². The van der Waals surface area contributed by atoms with E-state index in [4.69, 9.17) is 12.2 Å². The number of amides is 2. The van der Waals surface area contributed by atoms with Crippen LogP contribution in [0.25, 0.3) is 17.0 Å². The van der Waals surface area contributed by atoms with Gasteiger partial charge in [0.15, 0.2) is 5.11 Å². The number of carbonyl (C=O) groups is 2. The van der Waals surface area contributed by atoms with Crippen LogP contribution in [0.3, 0.4) is 0 Å². The summed E-state index contributed by atoms with van der Waals surface area (Å²) in [6.07, 6.45) is 3.48. The Morgan fingerprint density at radius 1 is 1.14 bits per heavy atom. The molecule has 2 heterocycles. The molecule has 0 saturated carbocycles. The van der Waals surface area contributed by atoms with Crippen molar-refractivity contribution in [1.29, 1.82) is 5.26 Å². The van der Waals surface area contributed by atoms with Gasteiger partial charge in [-0.05, 0) is 36.0 Å².